The van der Waals surface area contributed by atoms with Gasteiger partial charge >= 0.3 is 5.97 Å². The van der Waals surface area contributed by atoms with E-state index in [9.17, 15) is 9.59 Å². The van der Waals surface area contributed by atoms with Crippen molar-refractivity contribution in [3.63, 3.8) is 0 Å². The predicted octanol–water partition coefficient (Wildman–Crippen LogP) is 4.15. The van der Waals surface area contributed by atoms with Crippen molar-refractivity contribution in [2.75, 3.05) is 7.11 Å². The molecule has 33 heavy (non-hydrogen) atoms. The Morgan fingerprint density at radius 1 is 1.21 bits per heavy atom. The van der Waals surface area contributed by atoms with Gasteiger partial charge in [-0.1, -0.05) is 41.6 Å². The lowest BCUT2D eigenvalue weighted by Gasteiger charge is -2.37. The molecule has 2 aliphatic heterocycles. The van der Waals surface area contributed by atoms with Crippen molar-refractivity contribution in [3.8, 4) is 0 Å². The molecular formula is C25H26N4O3S. The number of carbonyl (C=O) groups is 2. The number of rotatable bonds is 6. The minimum Gasteiger partial charge on any atom is -0.466 e. The Labute approximate surface area is 197 Å². The van der Waals surface area contributed by atoms with Crippen molar-refractivity contribution in [3.05, 3.63) is 87.4 Å². The summed E-state index contributed by atoms with van der Waals surface area (Å²) in [6.07, 6.45) is 3.60. The molecule has 0 aliphatic carbocycles. The van der Waals surface area contributed by atoms with Crippen LogP contribution in [0, 0.1) is 13.8 Å². The fourth-order valence-electron chi connectivity index (χ4n) is 4.10. The van der Waals surface area contributed by atoms with Gasteiger partial charge in [0.25, 0.3) is 0 Å². The van der Waals surface area contributed by atoms with Crippen LogP contribution in [0.5, 0.6) is 0 Å². The van der Waals surface area contributed by atoms with Crippen molar-refractivity contribution in [1.82, 2.24) is 15.2 Å². The number of methoxy groups -OCH3 is 1. The summed E-state index contributed by atoms with van der Waals surface area (Å²) in [5.41, 5.74) is 6.02. The molecule has 1 aromatic carbocycles. The zero-order chi connectivity index (χ0) is 23.5. The monoisotopic (exact) mass is 462 g/mol. The molecule has 1 atom stereocenters. The SMILES string of the molecule is COC(=O)C1=C(C)N=C2SC=C(CC(=O)NCc3cccnc3)N2[C@@H]1c1ccc(C)cc1C. The van der Waals surface area contributed by atoms with Gasteiger partial charge in [-0.15, -0.1) is 0 Å². The summed E-state index contributed by atoms with van der Waals surface area (Å²) in [7, 11) is 1.38. The summed E-state index contributed by atoms with van der Waals surface area (Å²) in [4.78, 5) is 36.3. The van der Waals surface area contributed by atoms with Gasteiger partial charge in [0.1, 0.15) is 0 Å². The van der Waals surface area contributed by atoms with Crippen LogP contribution in [0.25, 0.3) is 0 Å². The average molecular weight is 463 g/mol. The van der Waals surface area contributed by atoms with Crippen LogP contribution >= 0.6 is 11.8 Å². The predicted molar refractivity (Wildman–Crippen MR) is 129 cm³/mol. The standard InChI is InChI=1S/C25H26N4O3S/c1-15-7-8-20(16(2)10-15)23-22(24(31)32-4)17(3)28-25-29(23)19(14-33-25)11-21(30)27-13-18-6-5-9-26-12-18/h5-10,12,14,23H,11,13H2,1-4H3,(H,27,30)/t23-/m1/s1. The third-order valence-corrected chi connectivity index (χ3v) is 6.57. The Kier molecular flexibility index (Phi) is 6.65. The van der Waals surface area contributed by atoms with E-state index in [2.05, 4.69) is 21.4 Å². The van der Waals surface area contributed by atoms with Crippen LogP contribution in [0.2, 0.25) is 0 Å². The maximum absolute atomic E-state index is 12.8. The summed E-state index contributed by atoms with van der Waals surface area (Å²) in [6, 6.07) is 9.50. The lowest BCUT2D eigenvalue weighted by Crippen LogP contribution is -2.38. The van der Waals surface area contributed by atoms with Gasteiger partial charge in [0, 0.05) is 24.6 Å². The highest BCUT2D eigenvalue weighted by Crippen LogP contribution is 2.45. The minimum atomic E-state index is -0.419. The molecule has 4 rings (SSSR count). The number of hydrogen-bond donors (Lipinski definition) is 1. The number of aromatic nitrogens is 1. The van der Waals surface area contributed by atoms with E-state index in [0.717, 1.165) is 33.1 Å². The number of aryl methyl sites for hydroxylation is 2. The Balaban J connectivity index is 1.64. The minimum absolute atomic E-state index is 0.114. The largest absolute Gasteiger partial charge is 0.466 e. The Morgan fingerprint density at radius 2 is 2.03 bits per heavy atom. The van der Waals surface area contributed by atoms with E-state index in [1.54, 1.807) is 12.4 Å². The van der Waals surface area contributed by atoms with Gasteiger partial charge in [0.15, 0.2) is 5.17 Å². The quantitative estimate of drug-likeness (QED) is 0.649. The van der Waals surface area contributed by atoms with E-state index in [1.165, 1.54) is 18.9 Å². The number of thioether (sulfide) groups is 1. The molecular weight excluding hydrogens is 436 g/mol. The number of nitrogens with zero attached hydrogens (tertiary/aromatic N) is 3. The maximum Gasteiger partial charge on any atom is 0.338 e. The number of aliphatic imine (C=N–C) groups is 1. The molecule has 2 aliphatic rings. The lowest BCUT2D eigenvalue weighted by molar-refractivity contribution is -0.136. The Bertz CT molecular complexity index is 1190. The van der Waals surface area contributed by atoms with Crippen molar-refractivity contribution >= 4 is 28.8 Å². The van der Waals surface area contributed by atoms with Gasteiger partial charge in [-0.2, -0.15) is 0 Å². The van der Waals surface area contributed by atoms with Gasteiger partial charge in [-0.25, -0.2) is 9.79 Å². The van der Waals surface area contributed by atoms with E-state index in [1.807, 2.05) is 55.3 Å². The van der Waals surface area contributed by atoms with Crippen molar-refractivity contribution in [2.24, 2.45) is 4.99 Å². The van der Waals surface area contributed by atoms with Crippen LogP contribution in [0.3, 0.4) is 0 Å². The Hall–Kier alpha value is -3.39. The van der Waals surface area contributed by atoms with Gasteiger partial charge in [0.05, 0.1) is 30.8 Å². The molecule has 7 nitrogen and oxygen atoms in total. The smallest absolute Gasteiger partial charge is 0.338 e. The number of nitrogens with one attached hydrogen (secondary N) is 1. The molecule has 0 unspecified atom stereocenters. The summed E-state index contributed by atoms with van der Waals surface area (Å²) in [6.45, 7) is 6.30. The number of carbonyl (C=O) groups excluding carboxylic acids is 2. The number of amidine groups is 1. The van der Waals surface area contributed by atoms with E-state index >= 15 is 0 Å². The number of hydrogen-bond acceptors (Lipinski definition) is 7. The zero-order valence-corrected chi connectivity index (χ0v) is 19.9. The Morgan fingerprint density at radius 3 is 2.73 bits per heavy atom. The molecule has 0 fully saturated rings. The summed E-state index contributed by atoms with van der Waals surface area (Å²) in [5.74, 6) is -0.533. The van der Waals surface area contributed by atoms with Crippen LogP contribution < -0.4 is 5.32 Å². The number of fused-ring (bicyclic) bond motifs is 1. The topological polar surface area (TPSA) is 83.9 Å². The first-order chi connectivity index (χ1) is 15.9. The van der Waals surface area contributed by atoms with Gasteiger partial charge in [-0.05, 0) is 48.9 Å². The number of esters is 1. The van der Waals surface area contributed by atoms with Crippen LogP contribution in [0.1, 0.15) is 41.6 Å². The summed E-state index contributed by atoms with van der Waals surface area (Å²) >= 11 is 1.46. The maximum atomic E-state index is 12.8. The second-order valence-electron chi connectivity index (χ2n) is 8.06. The van der Waals surface area contributed by atoms with E-state index < -0.39 is 12.0 Å². The second-order valence-corrected chi connectivity index (χ2v) is 8.90. The molecule has 0 radical (unpaired) electrons. The number of allylic oxidation sites excluding steroid dienone is 1. The lowest BCUT2D eigenvalue weighted by atomic mass is 9.90. The highest BCUT2D eigenvalue weighted by molar-refractivity contribution is 8.16. The van der Waals surface area contributed by atoms with Crippen molar-refractivity contribution in [2.45, 2.75) is 39.8 Å². The third kappa shape index (κ3) is 4.71. The summed E-state index contributed by atoms with van der Waals surface area (Å²) < 4.78 is 5.12. The molecule has 170 valence electrons. The summed E-state index contributed by atoms with van der Waals surface area (Å²) in [5, 5.41) is 5.64. The van der Waals surface area contributed by atoms with Gasteiger partial charge in [0.2, 0.25) is 5.91 Å². The molecule has 1 amide bonds. The fraction of sp³-hybridized carbons (Fsp3) is 0.280. The van der Waals surface area contributed by atoms with Crippen molar-refractivity contribution < 1.29 is 14.3 Å². The molecule has 0 bridgehead atoms. The zero-order valence-electron chi connectivity index (χ0n) is 19.1. The molecule has 0 spiro atoms. The van der Waals surface area contributed by atoms with Gasteiger partial charge < -0.3 is 15.0 Å². The molecule has 8 heteroatoms. The highest BCUT2D eigenvalue weighted by Gasteiger charge is 2.41. The molecule has 0 saturated carbocycles. The van der Waals surface area contributed by atoms with Crippen molar-refractivity contribution in [1.29, 1.82) is 0 Å². The number of pyridine rings is 1. The molecule has 3 heterocycles. The second kappa shape index (κ2) is 9.62. The fourth-order valence-corrected chi connectivity index (χ4v) is 5.06. The molecule has 2 aromatic rings. The third-order valence-electron chi connectivity index (χ3n) is 5.68. The normalized spacial score (nSPS) is 17.3. The van der Waals surface area contributed by atoms with Gasteiger partial charge in [-0.3, -0.25) is 9.78 Å². The number of ether oxygens (including phenoxy) is 1. The van der Waals surface area contributed by atoms with Crippen LogP contribution in [-0.2, 0) is 20.9 Å². The van der Waals surface area contributed by atoms with E-state index in [-0.39, 0.29) is 12.3 Å². The molecule has 0 saturated heterocycles. The first kappa shape index (κ1) is 22.8. The van der Waals surface area contributed by atoms with E-state index in [4.69, 9.17) is 4.74 Å². The highest BCUT2D eigenvalue weighted by atomic mass is 32.2. The molecule has 1 aromatic heterocycles. The number of benzene rings is 1. The van der Waals surface area contributed by atoms with E-state index in [0.29, 0.717) is 17.8 Å². The number of amides is 1. The first-order valence-electron chi connectivity index (χ1n) is 10.6. The van der Waals surface area contributed by atoms with Crippen LogP contribution in [0.15, 0.2) is 70.1 Å². The first-order valence-corrected chi connectivity index (χ1v) is 11.5. The molecule has 1 N–H and O–H groups in total. The van der Waals surface area contributed by atoms with Crippen LogP contribution in [0.4, 0.5) is 0 Å². The average Bonchev–Trinajstić information content (AvgIpc) is 3.19. The van der Waals surface area contributed by atoms with Crippen LogP contribution in [-0.4, -0.2) is 34.0 Å².